The highest BCUT2D eigenvalue weighted by Gasteiger charge is 2.20. The molecule has 0 aliphatic heterocycles. The Morgan fingerprint density at radius 3 is 2.00 bits per heavy atom. The molecule has 2 aromatic rings. The van der Waals surface area contributed by atoms with E-state index in [1.165, 1.54) is 0 Å². The van der Waals surface area contributed by atoms with E-state index in [4.69, 9.17) is 14.9 Å². The van der Waals surface area contributed by atoms with Gasteiger partial charge in [-0.1, -0.05) is 32.0 Å². The number of hydrogen-bond donors (Lipinski definition) is 1. The Kier molecular flexibility index (Phi) is 5.34. The van der Waals surface area contributed by atoms with Gasteiger partial charge in [-0.15, -0.1) is 0 Å². The smallest absolute Gasteiger partial charge is 0.119 e. The number of aliphatic imine (C=N–C) groups is 1. The third-order valence-corrected chi connectivity index (χ3v) is 3.02. The second kappa shape index (κ2) is 7.43. The standard InChI is InChI=1S/C18H20N2O2/c1-18(2,12-21-16-6-4-3-5-7-16)13-22-17-10-8-15(9-11-17)20-14-19/h3-11,19H,12-13H2,1-2H3. The highest BCUT2D eigenvalue weighted by Crippen LogP contribution is 2.22. The van der Waals surface area contributed by atoms with Gasteiger partial charge < -0.3 is 9.47 Å². The SMILES string of the molecule is CC(C)(COc1ccccc1)COc1ccc(N=C=N)cc1. The summed E-state index contributed by atoms with van der Waals surface area (Å²) in [6.45, 7) is 5.33. The normalized spacial score (nSPS) is 10.6. The lowest BCUT2D eigenvalue weighted by atomic mass is 9.96. The molecule has 4 heteroatoms. The van der Waals surface area contributed by atoms with Gasteiger partial charge in [-0.25, -0.2) is 5.41 Å². The van der Waals surface area contributed by atoms with Crippen LogP contribution in [0.1, 0.15) is 13.8 Å². The predicted molar refractivity (Wildman–Crippen MR) is 87.5 cm³/mol. The van der Waals surface area contributed by atoms with E-state index in [1.54, 1.807) is 12.1 Å². The van der Waals surface area contributed by atoms with Gasteiger partial charge in [0.2, 0.25) is 0 Å². The number of rotatable bonds is 7. The monoisotopic (exact) mass is 296 g/mol. The van der Waals surface area contributed by atoms with Gasteiger partial charge in [0.1, 0.15) is 11.5 Å². The number of nitrogens with zero attached hydrogens (tertiary/aromatic N) is 1. The largest absolute Gasteiger partial charge is 0.493 e. The van der Waals surface area contributed by atoms with Gasteiger partial charge in [0.15, 0.2) is 0 Å². The summed E-state index contributed by atoms with van der Waals surface area (Å²) >= 11 is 0. The maximum absolute atomic E-state index is 6.81. The molecule has 0 amide bonds. The molecule has 4 nitrogen and oxygen atoms in total. The number of ether oxygens (including phenoxy) is 2. The molecule has 1 N–H and O–H groups in total. The minimum Gasteiger partial charge on any atom is -0.493 e. The first-order valence-corrected chi connectivity index (χ1v) is 7.12. The minimum atomic E-state index is -0.110. The fraction of sp³-hybridized carbons (Fsp3) is 0.278. The van der Waals surface area contributed by atoms with Crippen LogP contribution in [0.15, 0.2) is 59.6 Å². The van der Waals surface area contributed by atoms with Gasteiger partial charge in [0.05, 0.1) is 24.9 Å². The topological polar surface area (TPSA) is 54.7 Å². The minimum absolute atomic E-state index is 0.110. The summed E-state index contributed by atoms with van der Waals surface area (Å²) in [5.74, 6) is 1.64. The van der Waals surface area contributed by atoms with E-state index in [-0.39, 0.29) is 5.41 Å². The van der Waals surface area contributed by atoms with Crippen molar-refractivity contribution in [2.24, 2.45) is 10.4 Å². The molecule has 0 spiro atoms. The summed E-state index contributed by atoms with van der Waals surface area (Å²) in [6, 6.07) is 19.0. The lowest BCUT2D eigenvalue weighted by molar-refractivity contribution is 0.110. The summed E-state index contributed by atoms with van der Waals surface area (Å²) in [5.41, 5.74) is 0.579. The molecule has 0 aliphatic carbocycles. The van der Waals surface area contributed by atoms with Crippen molar-refractivity contribution in [3.63, 3.8) is 0 Å². The lowest BCUT2D eigenvalue weighted by Crippen LogP contribution is -2.28. The van der Waals surface area contributed by atoms with Gasteiger partial charge in [-0.3, -0.25) is 0 Å². The molecule has 0 heterocycles. The fourth-order valence-corrected chi connectivity index (χ4v) is 1.80. The van der Waals surface area contributed by atoms with E-state index >= 15 is 0 Å². The molecule has 2 rings (SSSR count). The molecule has 0 unspecified atom stereocenters. The molecule has 0 aliphatic rings. The molecule has 22 heavy (non-hydrogen) atoms. The average molecular weight is 296 g/mol. The molecule has 0 saturated heterocycles. The molecule has 0 aromatic heterocycles. The second-order valence-electron chi connectivity index (χ2n) is 5.77. The number of benzene rings is 2. The van der Waals surface area contributed by atoms with Crippen molar-refractivity contribution >= 4 is 11.7 Å². The van der Waals surface area contributed by atoms with Crippen molar-refractivity contribution in [3.05, 3.63) is 54.6 Å². The highest BCUT2D eigenvalue weighted by molar-refractivity contribution is 5.51. The lowest BCUT2D eigenvalue weighted by Gasteiger charge is -2.25. The van der Waals surface area contributed by atoms with Crippen molar-refractivity contribution in [1.29, 1.82) is 5.41 Å². The Morgan fingerprint density at radius 2 is 1.45 bits per heavy atom. The molecular weight excluding hydrogens is 276 g/mol. The zero-order valence-corrected chi connectivity index (χ0v) is 12.9. The van der Waals surface area contributed by atoms with Gasteiger partial charge in [-0.05, 0) is 36.4 Å². The third-order valence-electron chi connectivity index (χ3n) is 3.02. The second-order valence-corrected chi connectivity index (χ2v) is 5.77. The number of hydrogen-bond acceptors (Lipinski definition) is 4. The number of nitrogens with one attached hydrogen (secondary N) is 1. The molecule has 0 bridgehead atoms. The maximum atomic E-state index is 6.81. The fourth-order valence-electron chi connectivity index (χ4n) is 1.80. The van der Waals surface area contributed by atoms with Crippen LogP contribution in [0.25, 0.3) is 0 Å². The maximum Gasteiger partial charge on any atom is 0.119 e. The zero-order valence-electron chi connectivity index (χ0n) is 12.9. The molecule has 2 aromatic carbocycles. The Balaban J connectivity index is 1.84. The van der Waals surface area contributed by atoms with Crippen molar-refractivity contribution in [2.45, 2.75) is 13.8 Å². The van der Waals surface area contributed by atoms with Crippen LogP contribution < -0.4 is 9.47 Å². The molecule has 0 saturated carbocycles. The van der Waals surface area contributed by atoms with Crippen LogP contribution in [0.3, 0.4) is 0 Å². The molecule has 114 valence electrons. The molecular formula is C18H20N2O2. The van der Waals surface area contributed by atoms with E-state index in [9.17, 15) is 0 Å². The average Bonchev–Trinajstić information content (AvgIpc) is 2.54. The first-order valence-electron chi connectivity index (χ1n) is 7.12. The van der Waals surface area contributed by atoms with Crippen molar-refractivity contribution in [3.8, 4) is 11.5 Å². The van der Waals surface area contributed by atoms with Crippen LogP contribution in [-0.4, -0.2) is 19.2 Å². The first-order chi connectivity index (χ1) is 10.6. The van der Waals surface area contributed by atoms with Crippen molar-refractivity contribution in [1.82, 2.24) is 0 Å². The van der Waals surface area contributed by atoms with E-state index < -0.39 is 0 Å². The van der Waals surface area contributed by atoms with E-state index in [2.05, 4.69) is 18.8 Å². The quantitative estimate of drug-likeness (QED) is 0.762. The summed E-state index contributed by atoms with van der Waals surface area (Å²) in [5, 5.41) is 6.81. The molecule has 0 atom stereocenters. The summed E-state index contributed by atoms with van der Waals surface area (Å²) in [4.78, 5) is 3.76. The highest BCUT2D eigenvalue weighted by atomic mass is 16.5. The van der Waals surface area contributed by atoms with E-state index in [0.717, 1.165) is 11.5 Å². The molecule has 0 radical (unpaired) electrons. The Labute approximate surface area is 130 Å². The van der Waals surface area contributed by atoms with Crippen LogP contribution in [-0.2, 0) is 0 Å². The Morgan fingerprint density at radius 1 is 0.909 bits per heavy atom. The van der Waals surface area contributed by atoms with Gasteiger partial charge in [-0.2, -0.15) is 4.99 Å². The van der Waals surface area contributed by atoms with Crippen molar-refractivity contribution < 1.29 is 9.47 Å². The summed E-state index contributed by atoms with van der Waals surface area (Å²) in [7, 11) is 0. The first kappa shape index (κ1) is 15.8. The predicted octanol–water partition coefficient (Wildman–Crippen LogP) is 4.55. The summed E-state index contributed by atoms with van der Waals surface area (Å²) < 4.78 is 11.6. The van der Waals surface area contributed by atoms with Gasteiger partial charge in [0.25, 0.3) is 0 Å². The van der Waals surface area contributed by atoms with Crippen LogP contribution in [0.4, 0.5) is 5.69 Å². The molecule has 0 fully saturated rings. The van der Waals surface area contributed by atoms with Gasteiger partial charge >= 0.3 is 0 Å². The van der Waals surface area contributed by atoms with E-state index in [1.807, 2.05) is 48.5 Å². The van der Waals surface area contributed by atoms with Crippen LogP contribution >= 0.6 is 0 Å². The Bertz CT molecular complexity index is 630. The van der Waals surface area contributed by atoms with Crippen LogP contribution in [0, 0.1) is 10.8 Å². The summed E-state index contributed by atoms with van der Waals surface area (Å²) in [6.07, 6.45) is 0. The third kappa shape index (κ3) is 5.08. The van der Waals surface area contributed by atoms with Crippen molar-refractivity contribution in [2.75, 3.05) is 13.2 Å². The van der Waals surface area contributed by atoms with Crippen LogP contribution in [0.5, 0.6) is 11.5 Å². The Hall–Kier alpha value is -2.58. The van der Waals surface area contributed by atoms with Crippen LogP contribution in [0.2, 0.25) is 0 Å². The van der Waals surface area contributed by atoms with Gasteiger partial charge in [0, 0.05) is 5.41 Å². The zero-order chi connectivity index (χ0) is 15.8. The van der Waals surface area contributed by atoms with E-state index in [0.29, 0.717) is 18.9 Å². The number of para-hydroxylation sites is 1.